The van der Waals surface area contributed by atoms with Gasteiger partial charge in [0.2, 0.25) is 0 Å². The minimum absolute atomic E-state index is 0.0797. The summed E-state index contributed by atoms with van der Waals surface area (Å²) in [6.07, 6.45) is 5.25. The Balaban J connectivity index is 0.909. The van der Waals surface area contributed by atoms with Crippen LogP contribution in [0.5, 0.6) is 17.2 Å². The van der Waals surface area contributed by atoms with Crippen LogP contribution >= 0.6 is 0 Å². The topological polar surface area (TPSA) is 80.7 Å². The summed E-state index contributed by atoms with van der Waals surface area (Å²) < 4.78 is 18.5. The van der Waals surface area contributed by atoms with Crippen LogP contribution in [0.2, 0.25) is 0 Å². The molecule has 0 N–H and O–H groups in total. The Labute approximate surface area is 303 Å². The van der Waals surface area contributed by atoms with Crippen molar-refractivity contribution >= 4 is 35.1 Å². The van der Waals surface area contributed by atoms with Crippen molar-refractivity contribution in [1.82, 2.24) is 0 Å². The third-order valence-corrected chi connectivity index (χ3v) is 10.8. The van der Waals surface area contributed by atoms with Crippen molar-refractivity contribution in [3.8, 4) is 17.2 Å². The fraction of sp³-hybridized carbons (Fsp3) is 0.250. The van der Waals surface area contributed by atoms with E-state index >= 15 is 0 Å². The van der Waals surface area contributed by atoms with Gasteiger partial charge in [0.1, 0.15) is 19.0 Å². The predicted molar refractivity (Wildman–Crippen MR) is 202 cm³/mol. The van der Waals surface area contributed by atoms with Crippen molar-refractivity contribution in [3.05, 3.63) is 141 Å². The summed E-state index contributed by atoms with van der Waals surface area (Å²) in [5.74, 6) is 1.77. The van der Waals surface area contributed by atoms with Gasteiger partial charge < -0.3 is 19.1 Å². The number of nitrogens with zero attached hydrogens (tertiary/aromatic N) is 3. The van der Waals surface area contributed by atoms with Crippen molar-refractivity contribution < 1.29 is 23.8 Å². The molecule has 2 amide bonds. The van der Waals surface area contributed by atoms with Crippen LogP contribution in [-0.2, 0) is 32.5 Å². The number of ether oxygens (including phenoxy) is 3. The third-order valence-electron chi connectivity index (χ3n) is 10.8. The van der Waals surface area contributed by atoms with Crippen molar-refractivity contribution in [1.29, 1.82) is 0 Å². The van der Waals surface area contributed by atoms with E-state index in [4.69, 9.17) is 19.2 Å². The number of aryl methyl sites for hydroxylation is 3. The number of amides is 2. The van der Waals surface area contributed by atoms with Gasteiger partial charge in [0.15, 0.2) is 11.5 Å². The number of fused-ring (bicyclic) bond motifs is 8. The van der Waals surface area contributed by atoms with E-state index in [9.17, 15) is 9.59 Å². The number of carbonyl (C=O) groups excluding carboxylic acids is 2. The number of para-hydroxylation sites is 2. The lowest BCUT2D eigenvalue weighted by Gasteiger charge is -2.23. The summed E-state index contributed by atoms with van der Waals surface area (Å²) in [7, 11) is 1.58. The van der Waals surface area contributed by atoms with E-state index < -0.39 is 0 Å². The molecule has 2 atom stereocenters. The highest BCUT2D eigenvalue weighted by atomic mass is 16.5. The lowest BCUT2D eigenvalue weighted by Crippen LogP contribution is -2.37. The highest BCUT2D eigenvalue weighted by molar-refractivity contribution is 6.15. The fourth-order valence-electron chi connectivity index (χ4n) is 8.34. The molecule has 4 aliphatic rings. The van der Waals surface area contributed by atoms with Gasteiger partial charge in [0.05, 0.1) is 24.4 Å². The normalized spacial score (nSPS) is 18.1. The SMILES string of the molecule is COc1cc2c(cc1OCc1cc(C)cc(COc3cc4c(cc3C)C(=O)N3c5ccccc5C[C@H]3CC4)c1)N=C[C@@H]1Cc3ccccc3N1C2=O. The molecule has 0 fully saturated rings. The van der Waals surface area contributed by atoms with Crippen molar-refractivity contribution in [2.45, 2.75) is 64.8 Å². The summed E-state index contributed by atoms with van der Waals surface area (Å²) in [5, 5.41) is 0. The zero-order valence-corrected chi connectivity index (χ0v) is 29.5. The first-order valence-electron chi connectivity index (χ1n) is 17.9. The lowest BCUT2D eigenvalue weighted by atomic mass is 9.98. The first-order valence-corrected chi connectivity index (χ1v) is 17.9. The van der Waals surface area contributed by atoms with Crippen LogP contribution in [0, 0.1) is 13.8 Å². The number of carbonyl (C=O) groups is 2. The van der Waals surface area contributed by atoms with Crippen LogP contribution in [0.3, 0.4) is 0 Å². The second-order valence-electron chi connectivity index (χ2n) is 14.3. The van der Waals surface area contributed by atoms with Gasteiger partial charge in [-0.1, -0.05) is 54.1 Å². The van der Waals surface area contributed by atoms with E-state index in [1.165, 1.54) is 5.56 Å². The van der Waals surface area contributed by atoms with E-state index in [0.29, 0.717) is 36.0 Å². The van der Waals surface area contributed by atoms with Crippen molar-refractivity contribution in [3.63, 3.8) is 0 Å². The first kappa shape index (κ1) is 32.0. The van der Waals surface area contributed by atoms with E-state index in [0.717, 1.165) is 81.8 Å². The molecule has 260 valence electrons. The van der Waals surface area contributed by atoms with E-state index in [1.54, 1.807) is 19.2 Å². The standard InChI is InChI=1S/C44H39N3O5/c1-26-14-28(24-51-40-20-30-12-13-33-18-31-8-4-6-10-38(31)46(33)43(48)35(30)16-27(40)2)17-29(15-26)25-52-42-22-37-36(21-41(42)50-3)44(49)47-34(23-45-37)19-32-9-5-7-11-39(32)47/h4-11,14-17,20-23,33-34H,12-13,18-19,24-25H2,1-3H3/t33-,34+/m1/s1. The Hall–Kier alpha value is -5.89. The number of benzene rings is 5. The fourth-order valence-corrected chi connectivity index (χ4v) is 8.34. The molecule has 5 aromatic rings. The number of rotatable bonds is 7. The van der Waals surface area contributed by atoms with Gasteiger partial charge in [-0.25, -0.2) is 0 Å². The molecule has 0 radical (unpaired) electrons. The molecule has 0 aromatic heterocycles. The average molecular weight is 690 g/mol. The maximum atomic E-state index is 13.8. The number of methoxy groups -OCH3 is 1. The zero-order chi connectivity index (χ0) is 35.5. The number of aliphatic imine (C=N–C) groups is 1. The Bertz CT molecular complexity index is 2310. The molecule has 0 spiro atoms. The summed E-state index contributed by atoms with van der Waals surface area (Å²) in [6.45, 7) is 4.74. The average Bonchev–Trinajstić information content (AvgIpc) is 3.64. The summed E-state index contributed by atoms with van der Waals surface area (Å²) >= 11 is 0. The highest BCUT2D eigenvalue weighted by Gasteiger charge is 2.38. The maximum absolute atomic E-state index is 13.8. The molecule has 0 bridgehead atoms. The lowest BCUT2D eigenvalue weighted by molar-refractivity contribution is 0.0975. The first-order chi connectivity index (χ1) is 25.3. The van der Waals surface area contributed by atoms with Crippen LogP contribution in [0.25, 0.3) is 0 Å². The van der Waals surface area contributed by atoms with Gasteiger partial charge >= 0.3 is 0 Å². The molecule has 0 aliphatic carbocycles. The molecule has 8 heteroatoms. The van der Waals surface area contributed by atoms with E-state index in [1.807, 2.05) is 53.3 Å². The molecule has 0 saturated heterocycles. The van der Waals surface area contributed by atoms with Crippen molar-refractivity contribution in [2.75, 3.05) is 16.9 Å². The van der Waals surface area contributed by atoms with Crippen LogP contribution < -0.4 is 24.0 Å². The molecular weight excluding hydrogens is 650 g/mol. The van der Waals surface area contributed by atoms with E-state index in [-0.39, 0.29) is 23.9 Å². The largest absolute Gasteiger partial charge is 0.493 e. The molecule has 52 heavy (non-hydrogen) atoms. The van der Waals surface area contributed by atoms with Crippen LogP contribution in [0.15, 0.2) is 96.0 Å². The zero-order valence-electron chi connectivity index (χ0n) is 29.5. The number of anilines is 2. The quantitative estimate of drug-likeness (QED) is 0.172. The molecule has 5 aromatic carbocycles. The smallest absolute Gasteiger partial charge is 0.261 e. The Morgan fingerprint density at radius 3 is 2.12 bits per heavy atom. The van der Waals surface area contributed by atoms with Gasteiger partial charge in [-0.3, -0.25) is 19.5 Å². The summed E-state index contributed by atoms with van der Waals surface area (Å²) in [5.41, 5.74) is 11.3. The maximum Gasteiger partial charge on any atom is 0.261 e. The molecule has 0 unspecified atom stereocenters. The Kier molecular flexibility index (Phi) is 7.83. The minimum atomic E-state index is -0.131. The van der Waals surface area contributed by atoms with Crippen molar-refractivity contribution in [2.24, 2.45) is 4.99 Å². The highest BCUT2D eigenvalue weighted by Crippen LogP contribution is 2.42. The van der Waals surface area contributed by atoms with Crippen LogP contribution in [0.1, 0.15) is 66.1 Å². The van der Waals surface area contributed by atoms with Gasteiger partial charge in [0.25, 0.3) is 11.8 Å². The molecular formula is C44H39N3O5. The molecule has 8 nitrogen and oxygen atoms in total. The van der Waals surface area contributed by atoms with Gasteiger partial charge in [-0.05, 0) is 103 Å². The summed E-state index contributed by atoms with van der Waals surface area (Å²) in [4.78, 5) is 36.2. The molecule has 4 aliphatic heterocycles. The van der Waals surface area contributed by atoms with E-state index in [2.05, 4.69) is 55.5 Å². The molecule has 0 saturated carbocycles. The van der Waals surface area contributed by atoms with Gasteiger partial charge in [0, 0.05) is 41.7 Å². The molecule has 4 heterocycles. The second kappa shape index (κ2) is 12.7. The third kappa shape index (κ3) is 5.50. The minimum Gasteiger partial charge on any atom is -0.493 e. The van der Waals surface area contributed by atoms with Crippen LogP contribution in [-0.4, -0.2) is 37.2 Å². The summed E-state index contributed by atoms with van der Waals surface area (Å²) in [6, 6.07) is 30.2. The Morgan fingerprint density at radius 2 is 1.37 bits per heavy atom. The molecule has 9 rings (SSSR count). The van der Waals surface area contributed by atoms with Gasteiger partial charge in [-0.15, -0.1) is 0 Å². The predicted octanol–water partition coefficient (Wildman–Crippen LogP) is 8.28. The monoisotopic (exact) mass is 689 g/mol. The second-order valence-corrected chi connectivity index (χ2v) is 14.3. The van der Waals surface area contributed by atoms with Crippen LogP contribution in [0.4, 0.5) is 17.1 Å². The Morgan fingerprint density at radius 1 is 0.692 bits per heavy atom. The number of hydrogen-bond acceptors (Lipinski definition) is 6. The number of hydrogen-bond donors (Lipinski definition) is 0. The van der Waals surface area contributed by atoms with Gasteiger partial charge in [-0.2, -0.15) is 0 Å².